The molecule has 0 aromatic heterocycles. The zero-order valence-electron chi connectivity index (χ0n) is 30.3. The van der Waals surface area contributed by atoms with Crippen molar-refractivity contribution in [2.75, 3.05) is 11.9 Å². The summed E-state index contributed by atoms with van der Waals surface area (Å²) in [6, 6.07) is 4.91. The van der Waals surface area contributed by atoms with E-state index in [0.29, 0.717) is 0 Å². The van der Waals surface area contributed by atoms with Crippen LogP contribution in [-0.2, 0) is 12.8 Å². The third-order valence-electron chi connectivity index (χ3n) is 9.49. The molecule has 0 fully saturated rings. The van der Waals surface area contributed by atoms with Gasteiger partial charge in [0.15, 0.2) is 0 Å². The predicted octanol–water partition coefficient (Wildman–Crippen LogP) is 13.6. The first kappa shape index (κ1) is 38.8. The Kier molecular flexibility index (Phi) is 20.6. The van der Waals surface area contributed by atoms with Gasteiger partial charge in [0.1, 0.15) is 0 Å². The molecule has 0 heterocycles. The maximum absolute atomic E-state index is 4.35. The van der Waals surface area contributed by atoms with Crippen molar-refractivity contribution in [3.63, 3.8) is 0 Å². The summed E-state index contributed by atoms with van der Waals surface area (Å²) in [6.07, 6.45) is 21.3. The van der Waals surface area contributed by atoms with Gasteiger partial charge in [0, 0.05) is 12.2 Å². The highest BCUT2D eigenvalue weighted by Crippen LogP contribution is 2.31. The van der Waals surface area contributed by atoms with Gasteiger partial charge in [0.25, 0.3) is 0 Å². The Labute approximate surface area is 265 Å². The van der Waals surface area contributed by atoms with Gasteiger partial charge in [-0.1, -0.05) is 151 Å². The standard InChI is InChI=1S/C41H75N/c1-31(2)17-12-20-35(9)23-15-25-38-29-39(34(7)8)30-41(42-28-27-37(11)22-14-19-33(5)6)40(38)26-16-24-36(10)21-13-18-32(3)4/h29-33,35-37,42H,7,12-28H2,1-6,8-11H3. The molecule has 0 aliphatic rings. The monoisotopic (exact) mass is 582 g/mol. The number of benzene rings is 1. The van der Waals surface area contributed by atoms with Crippen LogP contribution in [0.25, 0.3) is 5.57 Å². The molecule has 0 radical (unpaired) electrons. The maximum atomic E-state index is 4.35. The van der Waals surface area contributed by atoms with Crippen LogP contribution in [0.1, 0.15) is 176 Å². The molecule has 0 bridgehead atoms. The molecule has 3 atom stereocenters. The van der Waals surface area contributed by atoms with E-state index in [-0.39, 0.29) is 0 Å². The van der Waals surface area contributed by atoms with E-state index in [1.807, 2.05) is 0 Å². The van der Waals surface area contributed by atoms with Crippen molar-refractivity contribution in [2.24, 2.45) is 35.5 Å². The molecule has 0 aliphatic carbocycles. The number of rotatable bonds is 25. The zero-order valence-corrected chi connectivity index (χ0v) is 30.3. The summed E-state index contributed by atoms with van der Waals surface area (Å²) in [5.74, 6) is 4.93. The third kappa shape index (κ3) is 18.4. The average Bonchev–Trinajstić information content (AvgIpc) is 2.89. The van der Waals surface area contributed by atoms with Gasteiger partial charge in [-0.15, -0.1) is 0 Å². The first-order chi connectivity index (χ1) is 19.9. The number of hydrogen-bond donors (Lipinski definition) is 1. The molecule has 0 saturated heterocycles. The average molecular weight is 582 g/mol. The van der Waals surface area contributed by atoms with Gasteiger partial charge in [-0.05, 0) is 97.3 Å². The summed E-state index contributed by atoms with van der Waals surface area (Å²) in [6.45, 7) is 29.1. The Balaban J connectivity index is 2.96. The second-order valence-electron chi connectivity index (χ2n) is 15.7. The van der Waals surface area contributed by atoms with E-state index in [4.69, 9.17) is 0 Å². The Hall–Kier alpha value is -1.24. The van der Waals surface area contributed by atoms with Gasteiger partial charge in [-0.3, -0.25) is 0 Å². The fourth-order valence-corrected chi connectivity index (χ4v) is 6.43. The largest absolute Gasteiger partial charge is 0.385 e. The summed E-state index contributed by atoms with van der Waals surface area (Å²) >= 11 is 0. The number of nitrogens with one attached hydrogen (secondary N) is 1. The van der Waals surface area contributed by atoms with E-state index in [9.17, 15) is 0 Å². The van der Waals surface area contributed by atoms with Crippen LogP contribution in [0.5, 0.6) is 0 Å². The van der Waals surface area contributed by atoms with Crippen molar-refractivity contribution in [3.8, 4) is 0 Å². The summed E-state index contributed by atoms with van der Waals surface area (Å²) in [4.78, 5) is 0. The van der Waals surface area contributed by atoms with Gasteiger partial charge < -0.3 is 5.32 Å². The summed E-state index contributed by atoms with van der Waals surface area (Å²) < 4.78 is 0. The molecule has 0 spiro atoms. The van der Waals surface area contributed by atoms with E-state index in [2.05, 4.69) is 93.3 Å². The van der Waals surface area contributed by atoms with E-state index in [1.54, 1.807) is 11.1 Å². The molecular formula is C41H75N. The highest BCUT2D eigenvalue weighted by atomic mass is 14.9. The zero-order chi connectivity index (χ0) is 31.5. The van der Waals surface area contributed by atoms with Crippen LogP contribution >= 0.6 is 0 Å². The predicted molar refractivity (Wildman–Crippen MR) is 194 cm³/mol. The van der Waals surface area contributed by atoms with E-state index in [1.165, 1.54) is 120 Å². The molecule has 1 rings (SSSR count). The Morgan fingerprint density at radius 3 is 1.45 bits per heavy atom. The minimum Gasteiger partial charge on any atom is -0.385 e. The Bertz CT molecular complexity index is 784. The van der Waals surface area contributed by atoms with Crippen molar-refractivity contribution in [2.45, 2.75) is 172 Å². The number of aryl methyl sites for hydroxylation is 1. The molecule has 42 heavy (non-hydrogen) atoms. The molecule has 1 N–H and O–H groups in total. The summed E-state index contributed by atoms with van der Waals surface area (Å²) in [5, 5.41) is 3.96. The number of anilines is 1. The number of hydrogen-bond acceptors (Lipinski definition) is 1. The van der Waals surface area contributed by atoms with E-state index < -0.39 is 0 Å². The second kappa shape index (κ2) is 22.3. The highest BCUT2D eigenvalue weighted by molar-refractivity contribution is 5.69. The SMILES string of the molecule is C=C(C)c1cc(CCCC(C)CCCC(C)C)c(CCCC(C)CCCC(C)C)c(NCCC(C)CCCC(C)C)c1. The molecule has 0 saturated carbocycles. The molecule has 1 aromatic carbocycles. The number of allylic oxidation sites excluding steroid dienone is 1. The highest BCUT2D eigenvalue weighted by Gasteiger charge is 2.14. The van der Waals surface area contributed by atoms with Crippen molar-refractivity contribution in [1.29, 1.82) is 0 Å². The van der Waals surface area contributed by atoms with Crippen LogP contribution in [0.3, 0.4) is 0 Å². The first-order valence-corrected chi connectivity index (χ1v) is 18.4. The Morgan fingerprint density at radius 2 is 1.00 bits per heavy atom. The lowest BCUT2D eigenvalue weighted by Crippen LogP contribution is -2.11. The second-order valence-corrected chi connectivity index (χ2v) is 15.7. The van der Waals surface area contributed by atoms with Crippen molar-refractivity contribution < 1.29 is 0 Å². The normalized spacial score (nSPS) is 14.1. The Morgan fingerprint density at radius 1 is 0.571 bits per heavy atom. The van der Waals surface area contributed by atoms with Crippen molar-refractivity contribution >= 4 is 11.3 Å². The van der Waals surface area contributed by atoms with Crippen LogP contribution in [-0.4, -0.2) is 6.54 Å². The van der Waals surface area contributed by atoms with Gasteiger partial charge in [-0.2, -0.15) is 0 Å². The molecule has 1 aromatic rings. The van der Waals surface area contributed by atoms with Gasteiger partial charge in [-0.25, -0.2) is 0 Å². The van der Waals surface area contributed by atoms with Crippen LogP contribution in [0, 0.1) is 35.5 Å². The topological polar surface area (TPSA) is 12.0 Å². The van der Waals surface area contributed by atoms with Crippen LogP contribution in [0.15, 0.2) is 18.7 Å². The fraction of sp³-hybridized carbons (Fsp3) is 0.805. The van der Waals surface area contributed by atoms with Gasteiger partial charge >= 0.3 is 0 Å². The first-order valence-electron chi connectivity index (χ1n) is 18.4. The lowest BCUT2D eigenvalue weighted by atomic mass is 9.88. The minimum atomic E-state index is 0.785. The third-order valence-corrected chi connectivity index (χ3v) is 9.49. The van der Waals surface area contributed by atoms with Gasteiger partial charge in [0.05, 0.1) is 0 Å². The van der Waals surface area contributed by atoms with Gasteiger partial charge in [0.2, 0.25) is 0 Å². The molecule has 244 valence electrons. The smallest absolute Gasteiger partial charge is 0.0381 e. The molecule has 3 unspecified atom stereocenters. The summed E-state index contributed by atoms with van der Waals surface area (Å²) in [7, 11) is 0. The molecule has 1 nitrogen and oxygen atoms in total. The molecule has 0 aliphatic heterocycles. The fourth-order valence-electron chi connectivity index (χ4n) is 6.43. The van der Waals surface area contributed by atoms with Crippen LogP contribution in [0.4, 0.5) is 5.69 Å². The van der Waals surface area contributed by atoms with Crippen molar-refractivity contribution in [3.05, 3.63) is 35.4 Å². The van der Waals surface area contributed by atoms with E-state index in [0.717, 1.165) is 42.1 Å². The molecule has 0 amide bonds. The van der Waals surface area contributed by atoms with E-state index >= 15 is 0 Å². The van der Waals surface area contributed by atoms with Crippen LogP contribution in [0.2, 0.25) is 0 Å². The summed E-state index contributed by atoms with van der Waals surface area (Å²) in [5.41, 5.74) is 7.11. The molecular weight excluding hydrogens is 506 g/mol. The maximum Gasteiger partial charge on any atom is 0.0381 e. The quantitative estimate of drug-likeness (QED) is 0.121. The molecule has 1 heteroatoms. The lowest BCUT2D eigenvalue weighted by molar-refractivity contribution is 0.425. The van der Waals surface area contributed by atoms with Crippen LogP contribution < -0.4 is 5.32 Å². The van der Waals surface area contributed by atoms with Crippen molar-refractivity contribution in [1.82, 2.24) is 0 Å². The lowest BCUT2D eigenvalue weighted by Gasteiger charge is -2.21. The minimum absolute atomic E-state index is 0.785.